The lowest BCUT2D eigenvalue weighted by Crippen LogP contribution is -2.36. The van der Waals surface area contributed by atoms with Crippen molar-refractivity contribution in [3.05, 3.63) is 95.8 Å². The van der Waals surface area contributed by atoms with E-state index in [1.165, 1.54) is 5.56 Å². The molecule has 33 heavy (non-hydrogen) atoms. The summed E-state index contributed by atoms with van der Waals surface area (Å²) in [5.74, 6) is -0.111. The van der Waals surface area contributed by atoms with E-state index in [1.807, 2.05) is 48.5 Å². The van der Waals surface area contributed by atoms with Gasteiger partial charge in [0.2, 0.25) is 0 Å². The summed E-state index contributed by atoms with van der Waals surface area (Å²) < 4.78 is 5.46. The molecule has 1 amide bonds. The van der Waals surface area contributed by atoms with Crippen LogP contribution in [0.4, 0.5) is 0 Å². The van der Waals surface area contributed by atoms with Gasteiger partial charge in [0.15, 0.2) is 0 Å². The Balaban J connectivity index is 1.39. The molecule has 1 N–H and O–H groups in total. The third-order valence-electron chi connectivity index (χ3n) is 5.97. The van der Waals surface area contributed by atoms with E-state index in [1.54, 1.807) is 12.4 Å². The van der Waals surface area contributed by atoms with E-state index in [9.17, 15) is 4.79 Å². The van der Waals surface area contributed by atoms with Gasteiger partial charge in [-0.25, -0.2) is 4.98 Å². The van der Waals surface area contributed by atoms with Crippen molar-refractivity contribution in [1.29, 1.82) is 0 Å². The number of amides is 1. The number of carbonyl (C=O) groups excluding carboxylic acids is 1. The standard InChI is InChI=1S/C27H26N4O2/c32-27(29-18-20-6-1-2-7-22(20)19-31-12-14-33-15-13-31)24-16-26(21-8-5-11-28-17-21)30-25-10-4-3-9-23(24)25/h1-11,16-17H,12-15,18-19H2,(H,29,32). The van der Waals surface area contributed by atoms with E-state index in [0.29, 0.717) is 12.1 Å². The molecule has 1 saturated heterocycles. The highest BCUT2D eigenvalue weighted by Crippen LogP contribution is 2.24. The number of para-hydroxylation sites is 1. The largest absolute Gasteiger partial charge is 0.379 e. The number of pyridine rings is 2. The summed E-state index contributed by atoms with van der Waals surface area (Å²) in [6.45, 7) is 4.74. The Morgan fingerprint density at radius 1 is 0.970 bits per heavy atom. The SMILES string of the molecule is O=C(NCc1ccccc1CN1CCOCC1)c1cc(-c2cccnc2)nc2ccccc12. The molecule has 0 atom stereocenters. The van der Waals surface area contributed by atoms with Gasteiger partial charge in [0, 0.05) is 49.5 Å². The molecule has 0 aliphatic carbocycles. The second-order valence-electron chi connectivity index (χ2n) is 8.15. The number of nitrogens with zero attached hydrogens (tertiary/aromatic N) is 3. The Kier molecular flexibility index (Phi) is 6.37. The normalized spacial score (nSPS) is 14.3. The Hall–Kier alpha value is -3.61. The third-order valence-corrected chi connectivity index (χ3v) is 5.97. The minimum absolute atomic E-state index is 0.111. The van der Waals surface area contributed by atoms with Gasteiger partial charge in [-0.15, -0.1) is 0 Å². The van der Waals surface area contributed by atoms with Gasteiger partial charge < -0.3 is 10.1 Å². The second-order valence-corrected chi connectivity index (χ2v) is 8.15. The number of fused-ring (bicyclic) bond motifs is 1. The van der Waals surface area contributed by atoms with E-state index in [-0.39, 0.29) is 5.91 Å². The van der Waals surface area contributed by atoms with Gasteiger partial charge in [0.25, 0.3) is 5.91 Å². The molecule has 1 fully saturated rings. The van der Waals surface area contributed by atoms with Crippen molar-refractivity contribution >= 4 is 16.8 Å². The van der Waals surface area contributed by atoms with Gasteiger partial charge in [-0.1, -0.05) is 42.5 Å². The predicted molar refractivity (Wildman–Crippen MR) is 129 cm³/mol. The van der Waals surface area contributed by atoms with E-state index in [4.69, 9.17) is 9.72 Å². The lowest BCUT2D eigenvalue weighted by atomic mass is 10.0. The summed E-state index contributed by atoms with van der Waals surface area (Å²) in [7, 11) is 0. The van der Waals surface area contributed by atoms with E-state index in [2.05, 4.69) is 33.4 Å². The van der Waals surface area contributed by atoms with Crippen LogP contribution in [0.25, 0.3) is 22.2 Å². The van der Waals surface area contributed by atoms with Crippen molar-refractivity contribution in [2.45, 2.75) is 13.1 Å². The number of hydrogen-bond donors (Lipinski definition) is 1. The summed E-state index contributed by atoms with van der Waals surface area (Å²) in [5, 5.41) is 3.98. The average Bonchev–Trinajstić information content (AvgIpc) is 2.88. The van der Waals surface area contributed by atoms with E-state index in [0.717, 1.165) is 60.6 Å². The van der Waals surface area contributed by atoms with Crippen molar-refractivity contribution in [1.82, 2.24) is 20.2 Å². The molecule has 0 radical (unpaired) electrons. The van der Waals surface area contributed by atoms with Crippen LogP contribution in [0.2, 0.25) is 0 Å². The molecule has 166 valence electrons. The minimum atomic E-state index is -0.111. The molecule has 1 aliphatic rings. The summed E-state index contributed by atoms with van der Waals surface area (Å²) in [6.07, 6.45) is 3.49. The molecule has 0 spiro atoms. The zero-order valence-electron chi connectivity index (χ0n) is 18.4. The number of hydrogen-bond acceptors (Lipinski definition) is 5. The van der Waals surface area contributed by atoms with Gasteiger partial charge in [0.05, 0.1) is 30.0 Å². The fourth-order valence-electron chi connectivity index (χ4n) is 4.18. The summed E-state index contributed by atoms with van der Waals surface area (Å²) in [6, 6.07) is 21.7. The zero-order chi connectivity index (χ0) is 22.5. The number of nitrogens with one attached hydrogen (secondary N) is 1. The molecular weight excluding hydrogens is 412 g/mol. The van der Waals surface area contributed by atoms with Gasteiger partial charge in [0.1, 0.15) is 0 Å². The molecule has 0 unspecified atom stereocenters. The smallest absolute Gasteiger partial charge is 0.252 e. The average molecular weight is 439 g/mol. The summed E-state index contributed by atoms with van der Waals surface area (Å²) in [4.78, 5) is 24.7. The lowest BCUT2D eigenvalue weighted by Gasteiger charge is -2.27. The first-order valence-corrected chi connectivity index (χ1v) is 11.2. The van der Waals surface area contributed by atoms with Crippen LogP contribution < -0.4 is 5.32 Å². The van der Waals surface area contributed by atoms with Crippen molar-refractivity contribution < 1.29 is 9.53 Å². The van der Waals surface area contributed by atoms with Crippen molar-refractivity contribution in [2.24, 2.45) is 0 Å². The molecule has 3 heterocycles. The number of carbonyl (C=O) groups is 1. The first kappa shape index (κ1) is 21.2. The van der Waals surface area contributed by atoms with Gasteiger partial charge in [-0.3, -0.25) is 14.7 Å². The molecular formula is C27H26N4O2. The third kappa shape index (κ3) is 4.92. The Bertz CT molecular complexity index is 1250. The van der Waals surface area contributed by atoms with E-state index < -0.39 is 0 Å². The first-order chi connectivity index (χ1) is 16.3. The number of morpholine rings is 1. The predicted octanol–water partition coefficient (Wildman–Crippen LogP) is 4.06. The first-order valence-electron chi connectivity index (χ1n) is 11.2. The van der Waals surface area contributed by atoms with Gasteiger partial charge in [-0.05, 0) is 35.4 Å². The van der Waals surface area contributed by atoms with Crippen molar-refractivity contribution in [2.75, 3.05) is 26.3 Å². The number of aromatic nitrogens is 2. The fraction of sp³-hybridized carbons (Fsp3) is 0.222. The highest BCUT2D eigenvalue weighted by atomic mass is 16.5. The van der Waals surface area contributed by atoms with Crippen LogP contribution >= 0.6 is 0 Å². The Morgan fingerprint density at radius 3 is 2.58 bits per heavy atom. The number of benzene rings is 2. The maximum Gasteiger partial charge on any atom is 0.252 e. The maximum atomic E-state index is 13.3. The Morgan fingerprint density at radius 2 is 1.76 bits per heavy atom. The molecule has 6 heteroatoms. The lowest BCUT2D eigenvalue weighted by molar-refractivity contribution is 0.0340. The van der Waals surface area contributed by atoms with Crippen LogP contribution in [0.1, 0.15) is 21.5 Å². The molecule has 1 aliphatic heterocycles. The number of ether oxygens (including phenoxy) is 1. The molecule has 0 bridgehead atoms. The van der Waals surface area contributed by atoms with Crippen molar-refractivity contribution in [3.8, 4) is 11.3 Å². The highest BCUT2D eigenvalue weighted by Gasteiger charge is 2.16. The molecule has 0 saturated carbocycles. The summed E-state index contributed by atoms with van der Waals surface area (Å²) >= 11 is 0. The quantitative estimate of drug-likeness (QED) is 0.492. The van der Waals surface area contributed by atoms with Crippen LogP contribution in [0.15, 0.2) is 79.1 Å². The van der Waals surface area contributed by atoms with Gasteiger partial charge in [-0.2, -0.15) is 0 Å². The van der Waals surface area contributed by atoms with Crippen LogP contribution in [-0.2, 0) is 17.8 Å². The highest BCUT2D eigenvalue weighted by molar-refractivity contribution is 6.07. The van der Waals surface area contributed by atoms with Gasteiger partial charge >= 0.3 is 0 Å². The zero-order valence-corrected chi connectivity index (χ0v) is 18.4. The topological polar surface area (TPSA) is 67.4 Å². The van der Waals surface area contributed by atoms with Crippen LogP contribution in [-0.4, -0.2) is 47.1 Å². The second kappa shape index (κ2) is 9.90. The van der Waals surface area contributed by atoms with E-state index >= 15 is 0 Å². The fourth-order valence-corrected chi connectivity index (χ4v) is 4.18. The van der Waals surface area contributed by atoms with Crippen molar-refractivity contribution in [3.63, 3.8) is 0 Å². The molecule has 6 nitrogen and oxygen atoms in total. The monoisotopic (exact) mass is 438 g/mol. The maximum absolute atomic E-state index is 13.3. The minimum Gasteiger partial charge on any atom is -0.379 e. The Labute approximate surface area is 193 Å². The molecule has 2 aromatic carbocycles. The number of rotatable bonds is 6. The van der Waals surface area contributed by atoms with Crippen LogP contribution in [0.3, 0.4) is 0 Å². The van der Waals surface area contributed by atoms with Crippen LogP contribution in [0, 0.1) is 0 Å². The summed E-state index contributed by atoms with van der Waals surface area (Å²) in [5.41, 5.74) is 5.38. The molecule has 5 rings (SSSR count). The molecule has 4 aromatic rings. The van der Waals surface area contributed by atoms with Crippen LogP contribution in [0.5, 0.6) is 0 Å². The molecule has 2 aromatic heterocycles.